The van der Waals surface area contributed by atoms with Crippen molar-refractivity contribution in [3.05, 3.63) is 76.3 Å². The van der Waals surface area contributed by atoms with E-state index in [0.29, 0.717) is 0 Å². The van der Waals surface area contributed by atoms with E-state index in [1.165, 1.54) is 60.6 Å². The van der Waals surface area contributed by atoms with Crippen LogP contribution in [-0.2, 0) is 0 Å². The number of nitrogens with zero attached hydrogens (tertiary/aromatic N) is 1. The van der Waals surface area contributed by atoms with Crippen LogP contribution in [0.2, 0.25) is 13.1 Å². The maximum absolute atomic E-state index is 5.41. The molecule has 0 radical (unpaired) electrons. The van der Waals surface area contributed by atoms with Crippen molar-refractivity contribution >= 4 is 29.4 Å². The summed E-state index contributed by atoms with van der Waals surface area (Å²) in [6.07, 6.45) is 0. The molecule has 0 amide bonds. The molecule has 0 unspecified atom stereocenters. The Labute approximate surface area is 180 Å². The molecule has 2 heterocycles. The summed E-state index contributed by atoms with van der Waals surface area (Å²) in [7, 11) is -1.85. The molecule has 30 heavy (non-hydrogen) atoms. The fraction of sp³-hybridized carbons (Fsp3) is 0.250. The molecule has 1 aromatic heterocycles. The quantitative estimate of drug-likeness (QED) is 0.340. The molecule has 5 rings (SSSR count). The molecule has 150 valence electrons. The number of hydrogen-bond donors (Lipinski definition) is 0. The first kappa shape index (κ1) is 19.3. The molecular formula is C28H29NSi. The molecule has 2 heteroatoms. The van der Waals surface area contributed by atoms with Gasteiger partial charge in [0.15, 0.2) is 0 Å². The van der Waals surface area contributed by atoms with Crippen molar-refractivity contribution in [1.82, 2.24) is 4.98 Å². The Hall–Kier alpha value is -2.71. The second-order valence-electron chi connectivity index (χ2n) is 9.62. The Morgan fingerprint density at radius 3 is 2.13 bits per heavy atom. The smallest absolute Gasteiger partial charge is 0.114 e. The Morgan fingerprint density at radius 2 is 1.43 bits per heavy atom. The van der Waals surface area contributed by atoms with Crippen molar-refractivity contribution in [2.24, 2.45) is 0 Å². The lowest BCUT2D eigenvalue weighted by Gasteiger charge is -2.24. The SMILES string of the molecule is Cc1cc(C)cc(-c2nc3c(C)c(C)cc(C)c3c3c2-c2ccccc2[Si]3(C)C)c1. The van der Waals surface area contributed by atoms with Crippen LogP contribution in [-0.4, -0.2) is 13.1 Å². The number of aromatic nitrogens is 1. The van der Waals surface area contributed by atoms with Gasteiger partial charge in [0, 0.05) is 16.5 Å². The summed E-state index contributed by atoms with van der Waals surface area (Å²) in [6.45, 7) is 16.1. The van der Waals surface area contributed by atoms with Gasteiger partial charge in [-0.2, -0.15) is 0 Å². The van der Waals surface area contributed by atoms with Gasteiger partial charge in [0.05, 0.1) is 11.2 Å². The van der Waals surface area contributed by atoms with E-state index in [-0.39, 0.29) is 0 Å². The number of aryl methyl sites for hydroxylation is 5. The average Bonchev–Trinajstić information content (AvgIpc) is 2.93. The average molecular weight is 408 g/mol. The van der Waals surface area contributed by atoms with E-state index in [1.807, 2.05) is 0 Å². The number of benzene rings is 3. The van der Waals surface area contributed by atoms with Gasteiger partial charge in [-0.05, 0) is 79.4 Å². The van der Waals surface area contributed by atoms with E-state index >= 15 is 0 Å². The zero-order valence-corrected chi connectivity index (χ0v) is 20.1. The first-order valence-electron chi connectivity index (χ1n) is 10.8. The molecule has 1 nitrogen and oxygen atoms in total. The fourth-order valence-electron chi connectivity index (χ4n) is 5.52. The minimum atomic E-state index is -1.85. The zero-order chi connectivity index (χ0) is 21.4. The molecule has 0 spiro atoms. The van der Waals surface area contributed by atoms with Gasteiger partial charge in [0.2, 0.25) is 0 Å². The molecule has 0 N–H and O–H groups in total. The van der Waals surface area contributed by atoms with Crippen molar-refractivity contribution in [3.63, 3.8) is 0 Å². The molecule has 0 atom stereocenters. The lowest BCUT2D eigenvalue weighted by molar-refractivity contribution is 1.29. The van der Waals surface area contributed by atoms with Crippen LogP contribution in [0, 0.1) is 34.6 Å². The molecule has 4 aromatic rings. The van der Waals surface area contributed by atoms with Crippen molar-refractivity contribution in [2.45, 2.75) is 47.7 Å². The fourth-order valence-corrected chi connectivity index (χ4v) is 9.00. The van der Waals surface area contributed by atoms with Gasteiger partial charge in [-0.1, -0.05) is 60.6 Å². The molecule has 1 aliphatic heterocycles. The van der Waals surface area contributed by atoms with E-state index < -0.39 is 8.07 Å². The molecule has 3 aromatic carbocycles. The molecule has 0 fully saturated rings. The van der Waals surface area contributed by atoms with E-state index in [0.717, 1.165) is 5.69 Å². The van der Waals surface area contributed by atoms with Crippen LogP contribution in [0.25, 0.3) is 33.3 Å². The second kappa shape index (κ2) is 6.39. The maximum Gasteiger partial charge on any atom is 0.114 e. The standard InChI is InChI=1S/C28H29NSi/c1-16-12-17(2)14-21(13-16)27-25-22-10-8-9-11-23(22)30(6,7)28(25)24-19(4)15-18(3)20(5)26(24)29-27/h8-15H,1-7H3. The molecular weight excluding hydrogens is 378 g/mol. The number of fused-ring (bicyclic) bond motifs is 5. The number of rotatable bonds is 1. The Balaban J connectivity index is 2.05. The second-order valence-corrected chi connectivity index (χ2v) is 13.9. The molecule has 0 saturated heterocycles. The van der Waals surface area contributed by atoms with Crippen LogP contribution in [0.15, 0.2) is 48.5 Å². The predicted octanol–water partition coefficient (Wildman–Crippen LogP) is 6.25. The molecule has 0 aliphatic carbocycles. The maximum atomic E-state index is 5.41. The van der Waals surface area contributed by atoms with Gasteiger partial charge >= 0.3 is 0 Å². The monoisotopic (exact) mass is 407 g/mol. The Morgan fingerprint density at radius 1 is 0.767 bits per heavy atom. The van der Waals surface area contributed by atoms with Gasteiger partial charge < -0.3 is 0 Å². The zero-order valence-electron chi connectivity index (χ0n) is 19.1. The number of pyridine rings is 1. The first-order valence-corrected chi connectivity index (χ1v) is 13.8. The summed E-state index contributed by atoms with van der Waals surface area (Å²) in [5.41, 5.74) is 12.9. The summed E-state index contributed by atoms with van der Waals surface area (Å²) in [6, 6.07) is 18.3. The third kappa shape index (κ3) is 2.56. The van der Waals surface area contributed by atoms with Crippen molar-refractivity contribution < 1.29 is 0 Å². The lowest BCUT2D eigenvalue weighted by Crippen LogP contribution is -2.49. The van der Waals surface area contributed by atoms with Crippen molar-refractivity contribution in [2.75, 3.05) is 0 Å². The first-order chi connectivity index (χ1) is 14.2. The van der Waals surface area contributed by atoms with Crippen LogP contribution >= 0.6 is 0 Å². The summed E-state index contributed by atoms with van der Waals surface area (Å²) in [5, 5.41) is 4.51. The third-order valence-corrected chi connectivity index (χ3v) is 10.5. The summed E-state index contributed by atoms with van der Waals surface area (Å²) in [4.78, 5) is 5.41. The lowest BCUT2D eigenvalue weighted by atomic mass is 9.93. The van der Waals surface area contributed by atoms with Gasteiger partial charge in [0.1, 0.15) is 8.07 Å². The van der Waals surface area contributed by atoms with Crippen LogP contribution in [0.1, 0.15) is 27.8 Å². The van der Waals surface area contributed by atoms with Gasteiger partial charge in [-0.3, -0.25) is 0 Å². The highest BCUT2D eigenvalue weighted by atomic mass is 28.3. The highest BCUT2D eigenvalue weighted by molar-refractivity contribution is 7.05. The van der Waals surface area contributed by atoms with E-state index in [9.17, 15) is 0 Å². The summed E-state index contributed by atoms with van der Waals surface area (Å²) >= 11 is 0. The summed E-state index contributed by atoms with van der Waals surface area (Å²) < 4.78 is 0. The molecule has 1 aliphatic rings. The van der Waals surface area contributed by atoms with E-state index in [4.69, 9.17) is 4.98 Å². The predicted molar refractivity (Wildman–Crippen MR) is 133 cm³/mol. The normalized spacial score (nSPS) is 14.1. The highest BCUT2D eigenvalue weighted by Crippen LogP contribution is 2.40. The largest absolute Gasteiger partial charge is 0.247 e. The minimum absolute atomic E-state index is 1.16. The van der Waals surface area contributed by atoms with Crippen molar-refractivity contribution in [3.8, 4) is 22.4 Å². The molecule has 0 saturated carbocycles. The van der Waals surface area contributed by atoms with E-state index in [2.05, 4.69) is 96.2 Å². The van der Waals surface area contributed by atoms with Gasteiger partial charge in [-0.25, -0.2) is 4.98 Å². The van der Waals surface area contributed by atoms with Crippen LogP contribution in [0.4, 0.5) is 0 Å². The molecule has 0 bridgehead atoms. The van der Waals surface area contributed by atoms with Crippen LogP contribution < -0.4 is 10.4 Å². The minimum Gasteiger partial charge on any atom is -0.247 e. The Kier molecular flexibility index (Phi) is 4.10. The van der Waals surface area contributed by atoms with Crippen molar-refractivity contribution in [1.29, 1.82) is 0 Å². The van der Waals surface area contributed by atoms with Crippen LogP contribution in [0.3, 0.4) is 0 Å². The van der Waals surface area contributed by atoms with Crippen LogP contribution in [0.5, 0.6) is 0 Å². The van der Waals surface area contributed by atoms with Gasteiger partial charge in [0.25, 0.3) is 0 Å². The third-order valence-electron chi connectivity index (χ3n) is 6.96. The van der Waals surface area contributed by atoms with Gasteiger partial charge in [-0.15, -0.1) is 0 Å². The highest BCUT2D eigenvalue weighted by Gasteiger charge is 2.41. The summed E-state index contributed by atoms with van der Waals surface area (Å²) in [5.74, 6) is 0. The van der Waals surface area contributed by atoms with E-state index in [1.54, 1.807) is 5.19 Å². The Bertz CT molecular complexity index is 1340. The topological polar surface area (TPSA) is 12.9 Å². The number of hydrogen-bond acceptors (Lipinski definition) is 1.